The lowest BCUT2D eigenvalue weighted by Crippen LogP contribution is -2.48. The van der Waals surface area contributed by atoms with Crippen molar-refractivity contribution < 1.29 is 18.0 Å². The number of piperidine rings is 1. The Morgan fingerprint density at radius 1 is 1.07 bits per heavy atom. The van der Waals surface area contributed by atoms with E-state index in [4.69, 9.17) is 0 Å². The SMILES string of the molecule is O=C1Nc2cccc(C(F)(F)F)c2C12CCN(c1nc3c(c(=O)[nH]1)CCCC3)CC2. The molecular formula is C21H21F3N4O2. The van der Waals surface area contributed by atoms with Crippen molar-refractivity contribution >= 4 is 17.5 Å². The lowest BCUT2D eigenvalue weighted by Gasteiger charge is -2.39. The number of aromatic nitrogens is 2. The molecule has 30 heavy (non-hydrogen) atoms. The highest BCUT2D eigenvalue weighted by molar-refractivity contribution is 6.07. The average molecular weight is 418 g/mol. The number of benzene rings is 1. The Kier molecular flexibility index (Phi) is 4.20. The van der Waals surface area contributed by atoms with Gasteiger partial charge in [-0.25, -0.2) is 4.98 Å². The van der Waals surface area contributed by atoms with Gasteiger partial charge in [0.15, 0.2) is 0 Å². The number of nitrogens with zero attached hydrogens (tertiary/aromatic N) is 2. The molecule has 3 aliphatic rings. The molecule has 1 spiro atoms. The van der Waals surface area contributed by atoms with Crippen molar-refractivity contribution in [3.8, 4) is 0 Å². The van der Waals surface area contributed by atoms with E-state index in [2.05, 4.69) is 15.3 Å². The maximum atomic E-state index is 13.7. The third-order valence-electron chi connectivity index (χ3n) is 6.63. The van der Waals surface area contributed by atoms with E-state index in [9.17, 15) is 22.8 Å². The van der Waals surface area contributed by atoms with Crippen LogP contribution in [0.3, 0.4) is 0 Å². The topological polar surface area (TPSA) is 78.1 Å². The second-order valence-corrected chi connectivity index (χ2v) is 8.27. The van der Waals surface area contributed by atoms with Crippen molar-refractivity contribution in [1.82, 2.24) is 9.97 Å². The zero-order chi connectivity index (χ0) is 21.1. The lowest BCUT2D eigenvalue weighted by molar-refractivity contribution is -0.139. The number of rotatable bonds is 1. The molecule has 5 rings (SSSR count). The van der Waals surface area contributed by atoms with E-state index in [0.717, 1.165) is 43.0 Å². The third-order valence-corrected chi connectivity index (χ3v) is 6.63. The summed E-state index contributed by atoms with van der Waals surface area (Å²) < 4.78 is 41.0. The van der Waals surface area contributed by atoms with Gasteiger partial charge in [0.1, 0.15) is 0 Å². The molecule has 1 saturated heterocycles. The molecule has 1 fully saturated rings. The molecule has 1 amide bonds. The second-order valence-electron chi connectivity index (χ2n) is 8.27. The van der Waals surface area contributed by atoms with Gasteiger partial charge in [-0.15, -0.1) is 0 Å². The minimum Gasteiger partial charge on any atom is -0.342 e. The number of carbonyl (C=O) groups excluding carboxylic acids is 1. The Balaban J connectivity index is 1.47. The van der Waals surface area contributed by atoms with Crippen LogP contribution in [-0.2, 0) is 29.2 Å². The number of halogens is 3. The van der Waals surface area contributed by atoms with Gasteiger partial charge in [0, 0.05) is 29.9 Å². The van der Waals surface area contributed by atoms with Crippen LogP contribution in [0.15, 0.2) is 23.0 Å². The van der Waals surface area contributed by atoms with Crippen LogP contribution in [0.4, 0.5) is 24.8 Å². The standard InChI is InChI=1S/C21H21F3N4O2/c22-21(23,24)13-5-3-7-15-16(13)20(18(30)25-15)8-10-28(11-9-20)19-26-14-6-2-1-4-12(14)17(29)27-19/h3,5,7H,1-2,4,6,8-11H2,(H,25,30)(H,26,27,29). The fourth-order valence-electron chi connectivity index (χ4n) is 5.08. The summed E-state index contributed by atoms with van der Waals surface area (Å²) in [6.45, 7) is 0.668. The largest absolute Gasteiger partial charge is 0.416 e. The molecule has 0 saturated carbocycles. The monoisotopic (exact) mass is 418 g/mol. The number of hydrogen-bond donors (Lipinski definition) is 2. The number of nitrogens with one attached hydrogen (secondary N) is 2. The Labute approximate surface area is 170 Å². The summed E-state index contributed by atoms with van der Waals surface area (Å²) in [7, 11) is 0. The number of carbonyl (C=O) groups is 1. The minimum absolute atomic E-state index is 0.0500. The number of hydrogen-bond acceptors (Lipinski definition) is 4. The highest BCUT2D eigenvalue weighted by Gasteiger charge is 2.53. The van der Waals surface area contributed by atoms with Gasteiger partial charge in [-0.1, -0.05) is 6.07 Å². The molecule has 2 N–H and O–H groups in total. The first kappa shape index (κ1) is 19.1. The molecule has 1 aliphatic carbocycles. The molecule has 6 nitrogen and oxygen atoms in total. The molecule has 2 aromatic rings. The normalized spacial score (nSPS) is 20.1. The maximum Gasteiger partial charge on any atom is 0.416 e. The quantitative estimate of drug-likeness (QED) is 0.746. The van der Waals surface area contributed by atoms with Crippen LogP contribution in [-0.4, -0.2) is 29.0 Å². The van der Waals surface area contributed by atoms with E-state index < -0.39 is 17.2 Å². The molecule has 9 heteroatoms. The van der Waals surface area contributed by atoms with Gasteiger partial charge < -0.3 is 10.2 Å². The fourth-order valence-corrected chi connectivity index (χ4v) is 5.08. The van der Waals surface area contributed by atoms with Crippen LogP contribution < -0.4 is 15.8 Å². The van der Waals surface area contributed by atoms with Gasteiger partial charge >= 0.3 is 6.18 Å². The van der Waals surface area contributed by atoms with Gasteiger partial charge in [0.25, 0.3) is 5.56 Å². The van der Waals surface area contributed by atoms with Crippen LogP contribution in [0, 0.1) is 0 Å². The van der Waals surface area contributed by atoms with E-state index >= 15 is 0 Å². The second kappa shape index (κ2) is 6.58. The zero-order valence-electron chi connectivity index (χ0n) is 16.2. The molecular weight excluding hydrogens is 397 g/mol. The van der Waals surface area contributed by atoms with Crippen molar-refractivity contribution in [1.29, 1.82) is 0 Å². The van der Waals surface area contributed by atoms with Gasteiger partial charge in [-0.3, -0.25) is 14.6 Å². The van der Waals surface area contributed by atoms with Crippen LogP contribution in [0.2, 0.25) is 0 Å². The molecule has 158 valence electrons. The molecule has 1 aromatic carbocycles. The van der Waals surface area contributed by atoms with E-state index in [1.54, 1.807) is 0 Å². The summed E-state index contributed by atoms with van der Waals surface area (Å²) in [4.78, 5) is 34.6. The van der Waals surface area contributed by atoms with Crippen LogP contribution in [0.1, 0.15) is 48.1 Å². The number of H-pyrrole nitrogens is 1. The predicted octanol–water partition coefficient (Wildman–Crippen LogP) is 3.16. The Bertz CT molecular complexity index is 1080. The molecule has 0 bridgehead atoms. The highest BCUT2D eigenvalue weighted by Crippen LogP contribution is 2.50. The van der Waals surface area contributed by atoms with E-state index in [-0.39, 0.29) is 35.6 Å². The van der Waals surface area contributed by atoms with E-state index in [1.807, 2.05) is 4.90 Å². The summed E-state index contributed by atoms with van der Waals surface area (Å²) in [5.41, 5.74) is -0.282. The van der Waals surface area contributed by atoms with Gasteiger partial charge in [-0.05, 0) is 50.7 Å². The number of alkyl halides is 3. The van der Waals surface area contributed by atoms with Crippen molar-refractivity contribution in [3.63, 3.8) is 0 Å². The highest BCUT2D eigenvalue weighted by atomic mass is 19.4. The average Bonchev–Trinajstić information content (AvgIpc) is 2.99. The van der Waals surface area contributed by atoms with Gasteiger partial charge in [0.05, 0.1) is 16.7 Å². The lowest BCUT2D eigenvalue weighted by atomic mass is 9.72. The van der Waals surface area contributed by atoms with Crippen molar-refractivity contribution in [2.75, 3.05) is 23.3 Å². The zero-order valence-corrected chi connectivity index (χ0v) is 16.2. The Hall–Kier alpha value is -2.84. The van der Waals surface area contributed by atoms with Crippen LogP contribution in [0.25, 0.3) is 0 Å². The fraction of sp³-hybridized carbons (Fsp3) is 0.476. The number of fused-ring (bicyclic) bond motifs is 3. The van der Waals surface area contributed by atoms with Gasteiger partial charge in [-0.2, -0.15) is 13.2 Å². The molecule has 2 aliphatic heterocycles. The Morgan fingerprint density at radius 3 is 2.53 bits per heavy atom. The van der Waals surface area contributed by atoms with Crippen LogP contribution >= 0.6 is 0 Å². The first-order chi connectivity index (χ1) is 14.3. The molecule has 1 aromatic heterocycles. The smallest absolute Gasteiger partial charge is 0.342 e. The van der Waals surface area contributed by atoms with Crippen LogP contribution in [0.5, 0.6) is 0 Å². The molecule has 0 radical (unpaired) electrons. The number of aromatic amines is 1. The number of aryl methyl sites for hydroxylation is 1. The first-order valence-electron chi connectivity index (χ1n) is 10.2. The summed E-state index contributed by atoms with van der Waals surface area (Å²) in [5, 5.41) is 2.64. The summed E-state index contributed by atoms with van der Waals surface area (Å²) in [5.74, 6) is 0.0546. The van der Waals surface area contributed by atoms with Crippen molar-refractivity contribution in [2.45, 2.75) is 50.1 Å². The minimum atomic E-state index is -4.53. The number of anilines is 2. The van der Waals surface area contributed by atoms with Crippen molar-refractivity contribution in [2.24, 2.45) is 0 Å². The number of amides is 1. The van der Waals surface area contributed by atoms with E-state index in [1.165, 1.54) is 12.1 Å². The third kappa shape index (κ3) is 2.82. The summed E-state index contributed by atoms with van der Waals surface area (Å²) in [6, 6.07) is 3.87. The van der Waals surface area contributed by atoms with Gasteiger partial charge in [0.2, 0.25) is 11.9 Å². The Morgan fingerprint density at radius 2 is 1.80 bits per heavy atom. The summed E-state index contributed by atoms with van der Waals surface area (Å²) in [6.07, 6.45) is -0.651. The molecule has 0 atom stereocenters. The first-order valence-corrected chi connectivity index (χ1v) is 10.2. The molecule has 0 unspecified atom stereocenters. The molecule has 3 heterocycles. The van der Waals surface area contributed by atoms with E-state index in [0.29, 0.717) is 19.0 Å². The predicted molar refractivity (Wildman–Crippen MR) is 105 cm³/mol. The maximum absolute atomic E-state index is 13.7. The summed E-state index contributed by atoms with van der Waals surface area (Å²) >= 11 is 0. The van der Waals surface area contributed by atoms with Crippen molar-refractivity contribution in [3.05, 3.63) is 50.9 Å².